The average Bonchev–Trinajstić information content (AvgIpc) is 2.90. The van der Waals surface area contributed by atoms with E-state index in [1.54, 1.807) is 0 Å². The number of hydrogen-bond acceptors (Lipinski definition) is 3. The summed E-state index contributed by atoms with van der Waals surface area (Å²) in [6, 6.07) is 9.43. The van der Waals surface area contributed by atoms with Crippen LogP contribution in [0.5, 0.6) is 0 Å². The second kappa shape index (κ2) is 4.50. The zero-order chi connectivity index (χ0) is 12.5. The Kier molecular flexibility index (Phi) is 2.84. The van der Waals surface area contributed by atoms with E-state index in [4.69, 9.17) is 0 Å². The molecule has 1 aliphatic carbocycles. The summed E-state index contributed by atoms with van der Waals surface area (Å²) in [6.07, 6.45) is 1.73. The first-order valence-electron chi connectivity index (χ1n) is 5.96. The molecule has 0 amide bonds. The van der Waals surface area contributed by atoms with E-state index < -0.39 is 0 Å². The van der Waals surface area contributed by atoms with Gasteiger partial charge in [-0.15, -0.1) is 11.3 Å². The van der Waals surface area contributed by atoms with Gasteiger partial charge in [-0.1, -0.05) is 24.3 Å². The Bertz CT molecular complexity index is 611. The maximum Gasteiger partial charge on any atom is 0.203 e. The summed E-state index contributed by atoms with van der Waals surface area (Å²) in [5, 5.41) is 1.91. The van der Waals surface area contributed by atoms with Crippen LogP contribution in [0.4, 0.5) is 0 Å². The Morgan fingerprint density at radius 2 is 2.00 bits per heavy atom. The van der Waals surface area contributed by atoms with Gasteiger partial charge in [-0.2, -0.15) is 0 Å². The van der Waals surface area contributed by atoms with Crippen LogP contribution in [0, 0.1) is 0 Å². The molecule has 2 nitrogen and oxygen atoms in total. The van der Waals surface area contributed by atoms with Crippen molar-refractivity contribution in [2.75, 3.05) is 0 Å². The van der Waals surface area contributed by atoms with Gasteiger partial charge in [0.15, 0.2) is 0 Å². The monoisotopic (exact) mass is 256 g/mol. The Morgan fingerprint density at radius 3 is 2.78 bits per heavy atom. The molecule has 2 aromatic rings. The number of rotatable bonds is 2. The minimum Gasteiger partial charge on any atom is -0.299 e. The molecule has 1 aliphatic rings. The average molecular weight is 256 g/mol. The highest BCUT2D eigenvalue weighted by atomic mass is 32.1. The van der Waals surface area contributed by atoms with E-state index in [2.05, 4.69) is 0 Å². The molecule has 1 aromatic heterocycles. The lowest BCUT2D eigenvalue weighted by atomic mass is 9.86. The van der Waals surface area contributed by atoms with Crippen molar-refractivity contribution < 1.29 is 9.59 Å². The largest absolute Gasteiger partial charge is 0.299 e. The highest BCUT2D eigenvalue weighted by molar-refractivity contribution is 7.12. The SMILES string of the molecule is O=C1CCc2c(cccc2C(=O)c2cccs2)C1. The fraction of sp³-hybridized carbons (Fsp3) is 0.200. The minimum absolute atomic E-state index is 0.0798. The summed E-state index contributed by atoms with van der Waals surface area (Å²) in [6.45, 7) is 0. The molecule has 0 radical (unpaired) electrons. The lowest BCUT2D eigenvalue weighted by Gasteiger charge is -2.17. The minimum atomic E-state index is 0.0798. The highest BCUT2D eigenvalue weighted by Crippen LogP contribution is 2.26. The summed E-state index contributed by atoms with van der Waals surface area (Å²) in [7, 11) is 0. The number of carbonyl (C=O) groups excluding carboxylic acids is 2. The van der Waals surface area contributed by atoms with Gasteiger partial charge in [0.1, 0.15) is 5.78 Å². The van der Waals surface area contributed by atoms with Gasteiger partial charge in [0.2, 0.25) is 5.78 Å². The standard InChI is InChI=1S/C15H12O2S/c16-11-6-7-12-10(9-11)3-1-4-13(12)15(17)14-5-2-8-18-14/h1-5,8H,6-7,9H2. The van der Waals surface area contributed by atoms with Gasteiger partial charge < -0.3 is 0 Å². The van der Waals surface area contributed by atoms with Crippen LogP contribution in [0.2, 0.25) is 0 Å². The van der Waals surface area contributed by atoms with E-state index in [1.165, 1.54) is 11.3 Å². The molecule has 0 N–H and O–H groups in total. The van der Waals surface area contributed by atoms with Crippen LogP contribution >= 0.6 is 11.3 Å². The Hall–Kier alpha value is -1.74. The van der Waals surface area contributed by atoms with E-state index in [-0.39, 0.29) is 11.6 Å². The van der Waals surface area contributed by atoms with Crippen molar-refractivity contribution in [2.45, 2.75) is 19.3 Å². The van der Waals surface area contributed by atoms with Gasteiger partial charge in [-0.3, -0.25) is 9.59 Å². The van der Waals surface area contributed by atoms with Gasteiger partial charge in [0, 0.05) is 18.4 Å². The number of thiophene rings is 1. The van der Waals surface area contributed by atoms with Crippen molar-refractivity contribution in [2.24, 2.45) is 0 Å². The molecule has 0 bridgehead atoms. The Morgan fingerprint density at radius 1 is 1.11 bits per heavy atom. The predicted octanol–water partition coefficient (Wildman–Crippen LogP) is 3.04. The third kappa shape index (κ3) is 1.91. The molecule has 0 unspecified atom stereocenters. The van der Waals surface area contributed by atoms with Crippen molar-refractivity contribution in [1.29, 1.82) is 0 Å². The molecular weight excluding hydrogens is 244 g/mol. The molecule has 90 valence electrons. The van der Waals surface area contributed by atoms with Crippen LogP contribution in [0.3, 0.4) is 0 Å². The van der Waals surface area contributed by atoms with Crippen molar-refractivity contribution in [3.63, 3.8) is 0 Å². The Labute approximate surface area is 109 Å². The third-order valence-corrected chi connectivity index (χ3v) is 4.17. The smallest absolute Gasteiger partial charge is 0.203 e. The number of hydrogen-bond donors (Lipinski definition) is 0. The van der Waals surface area contributed by atoms with Gasteiger partial charge in [-0.05, 0) is 29.0 Å². The van der Waals surface area contributed by atoms with E-state index >= 15 is 0 Å². The number of ketones is 2. The lowest BCUT2D eigenvalue weighted by Crippen LogP contribution is -2.17. The van der Waals surface area contributed by atoms with Crippen LogP contribution in [0.1, 0.15) is 32.8 Å². The van der Waals surface area contributed by atoms with Crippen LogP contribution in [-0.4, -0.2) is 11.6 Å². The van der Waals surface area contributed by atoms with Crippen LogP contribution in [0.25, 0.3) is 0 Å². The van der Waals surface area contributed by atoms with Crippen LogP contribution in [0.15, 0.2) is 35.7 Å². The molecule has 1 aromatic carbocycles. The molecule has 0 saturated heterocycles. The zero-order valence-corrected chi connectivity index (χ0v) is 10.6. The third-order valence-electron chi connectivity index (χ3n) is 3.30. The quantitative estimate of drug-likeness (QED) is 0.774. The number of fused-ring (bicyclic) bond motifs is 1. The summed E-state index contributed by atoms with van der Waals surface area (Å²) in [4.78, 5) is 24.6. The topological polar surface area (TPSA) is 34.1 Å². The van der Waals surface area contributed by atoms with Gasteiger partial charge >= 0.3 is 0 Å². The fourth-order valence-electron chi connectivity index (χ4n) is 2.41. The lowest BCUT2D eigenvalue weighted by molar-refractivity contribution is -0.118. The summed E-state index contributed by atoms with van der Waals surface area (Å²) >= 11 is 1.46. The van der Waals surface area contributed by atoms with Crippen molar-refractivity contribution in [3.8, 4) is 0 Å². The van der Waals surface area contributed by atoms with Gasteiger partial charge in [-0.25, -0.2) is 0 Å². The fourth-order valence-corrected chi connectivity index (χ4v) is 3.09. The number of carbonyl (C=O) groups is 2. The van der Waals surface area contributed by atoms with Crippen molar-refractivity contribution >= 4 is 22.9 Å². The molecule has 0 spiro atoms. The number of Topliss-reactive ketones (excluding diaryl/α,β-unsaturated/α-hetero) is 1. The first-order chi connectivity index (χ1) is 8.75. The van der Waals surface area contributed by atoms with Gasteiger partial charge in [0.25, 0.3) is 0 Å². The maximum absolute atomic E-state index is 12.4. The van der Waals surface area contributed by atoms with Crippen LogP contribution < -0.4 is 0 Å². The van der Waals surface area contributed by atoms with E-state index in [0.717, 1.165) is 21.6 Å². The zero-order valence-electron chi connectivity index (χ0n) is 9.81. The molecule has 0 atom stereocenters. The van der Waals surface area contributed by atoms with E-state index in [9.17, 15) is 9.59 Å². The van der Waals surface area contributed by atoms with E-state index in [1.807, 2.05) is 35.7 Å². The molecule has 0 aliphatic heterocycles. The molecule has 0 saturated carbocycles. The Balaban J connectivity index is 2.06. The maximum atomic E-state index is 12.4. The first-order valence-corrected chi connectivity index (χ1v) is 6.84. The van der Waals surface area contributed by atoms with Crippen molar-refractivity contribution in [1.82, 2.24) is 0 Å². The van der Waals surface area contributed by atoms with Crippen molar-refractivity contribution in [3.05, 3.63) is 57.3 Å². The second-order valence-corrected chi connectivity index (χ2v) is 5.41. The predicted molar refractivity (Wildman–Crippen MR) is 71.2 cm³/mol. The normalized spacial score (nSPS) is 14.3. The molecular formula is C15H12O2S. The van der Waals surface area contributed by atoms with E-state index in [0.29, 0.717) is 19.3 Å². The summed E-state index contributed by atoms with van der Waals surface area (Å²) < 4.78 is 0. The molecule has 0 fully saturated rings. The highest BCUT2D eigenvalue weighted by Gasteiger charge is 2.22. The van der Waals surface area contributed by atoms with Gasteiger partial charge in [0.05, 0.1) is 4.88 Å². The molecule has 18 heavy (non-hydrogen) atoms. The first kappa shape index (κ1) is 11.4. The molecule has 3 rings (SSSR count). The molecule has 1 heterocycles. The number of benzene rings is 1. The summed E-state index contributed by atoms with van der Waals surface area (Å²) in [5.74, 6) is 0.347. The van der Waals surface area contributed by atoms with Crippen LogP contribution in [-0.2, 0) is 17.6 Å². The summed E-state index contributed by atoms with van der Waals surface area (Å²) in [5.41, 5.74) is 2.85. The second-order valence-electron chi connectivity index (χ2n) is 4.47. The molecule has 3 heteroatoms.